The molecule has 0 aliphatic rings. The van der Waals surface area contributed by atoms with Gasteiger partial charge in [0.2, 0.25) is 0 Å². The van der Waals surface area contributed by atoms with Crippen LogP contribution in [0.3, 0.4) is 0 Å². The summed E-state index contributed by atoms with van der Waals surface area (Å²) in [5, 5.41) is 0. The maximum atomic E-state index is 12.0. The highest BCUT2D eigenvalue weighted by Crippen LogP contribution is 2.22. The van der Waals surface area contributed by atoms with Crippen molar-refractivity contribution in [1.29, 1.82) is 0 Å². The summed E-state index contributed by atoms with van der Waals surface area (Å²) in [6.07, 6.45) is -2.82. The summed E-state index contributed by atoms with van der Waals surface area (Å²) < 4.78 is 40.5. The molecular formula is C8H6F3NO2. The first-order valence-electron chi connectivity index (χ1n) is 3.55. The number of rotatable bonds is 2. The number of Topliss-reactive ketones (excluding diaryl/α,β-unsaturated/α-hetero) is 1. The van der Waals surface area contributed by atoms with Crippen molar-refractivity contribution in [3.63, 3.8) is 0 Å². The molecule has 0 saturated heterocycles. The number of ether oxygens (including phenoxy) is 1. The van der Waals surface area contributed by atoms with E-state index in [1.165, 1.54) is 13.3 Å². The number of pyridine rings is 1. The number of nitrogens with zero attached hydrogens (tertiary/aromatic N) is 1. The van der Waals surface area contributed by atoms with Crippen LogP contribution in [0.1, 0.15) is 10.4 Å². The summed E-state index contributed by atoms with van der Waals surface area (Å²) in [5.74, 6) is -1.82. The molecule has 3 nitrogen and oxygen atoms in total. The molecule has 0 spiro atoms. The molecule has 0 radical (unpaired) electrons. The Labute approximate surface area is 77.5 Å². The summed E-state index contributed by atoms with van der Waals surface area (Å²) in [5.41, 5.74) is -0.531. The molecule has 1 heterocycles. The molecule has 0 fully saturated rings. The second-order valence-electron chi connectivity index (χ2n) is 2.44. The number of carbonyl (C=O) groups is 1. The van der Waals surface area contributed by atoms with Crippen molar-refractivity contribution < 1.29 is 22.7 Å². The van der Waals surface area contributed by atoms with E-state index < -0.39 is 17.5 Å². The Balaban J connectivity index is 3.02. The van der Waals surface area contributed by atoms with Gasteiger partial charge in [-0.05, 0) is 6.07 Å². The van der Waals surface area contributed by atoms with Gasteiger partial charge in [0.15, 0.2) is 0 Å². The van der Waals surface area contributed by atoms with Crippen molar-refractivity contribution >= 4 is 5.78 Å². The molecule has 0 aliphatic heterocycles. The third-order valence-corrected chi connectivity index (χ3v) is 1.47. The highest BCUT2D eigenvalue weighted by atomic mass is 19.4. The van der Waals surface area contributed by atoms with Crippen LogP contribution < -0.4 is 4.74 Å². The Morgan fingerprint density at radius 3 is 2.57 bits per heavy atom. The van der Waals surface area contributed by atoms with Gasteiger partial charge in [0, 0.05) is 11.8 Å². The molecule has 1 aromatic heterocycles. The monoisotopic (exact) mass is 205 g/mol. The van der Waals surface area contributed by atoms with Gasteiger partial charge in [-0.25, -0.2) is 0 Å². The van der Waals surface area contributed by atoms with Gasteiger partial charge in [0.05, 0.1) is 13.3 Å². The molecule has 0 bridgehead atoms. The molecule has 0 aliphatic carbocycles. The molecule has 0 amide bonds. The molecule has 0 atom stereocenters. The number of halogens is 3. The van der Waals surface area contributed by atoms with E-state index in [1.807, 2.05) is 0 Å². The minimum absolute atomic E-state index is 0.111. The number of hydrogen-bond donors (Lipinski definition) is 0. The number of carbonyl (C=O) groups excluding carboxylic acids is 1. The van der Waals surface area contributed by atoms with E-state index in [4.69, 9.17) is 0 Å². The summed E-state index contributed by atoms with van der Waals surface area (Å²) >= 11 is 0. The molecule has 6 heteroatoms. The van der Waals surface area contributed by atoms with Crippen molar-refractivity contribution in [2.45, 2.75) is 6.18 Å². The van der Waals surface area contributed by atoms with E-state index in [0.717, 1.165) is 12.3 Å². The fourth-order valence-electron chi connectivity index (χ4n) is 0.818. The van der Waals surface area contributed by atoms with E-state index >= 15 is 0 Å². The average molecular weight is 205 g/mol. The van der Waals surface area contributed by atoms with Gasteiger partial charge in [0.1, 0.15) is 5.75 Å². The smallest absolute Gasteiger partial charge is 0.454 e. The lowest BCUT2D eigenvalue weighted by molar-refractivity contribution is -0.0885. The Hall–Kier alpha value is -1.59. The normalized spacial score (nSPS) is 11.1. The third-order valence-electron chi connectivity index (χ3n) is 1.47. The zero-order chi connectivity index (χ0) is 10.8. The first-order chi connectivity index (χ1) is 6.45. The number of hydrogen-bond acceptors (Lipinski definition) is 3. The van der Waals surface area contributed by atoms with Crippen LogP contribution in [0, 0.1) is 0 Å². The van der Waals surface area contributed by atoms with E-state index in [0.29, 0.717) is 0 Å². The van der Waals surface area contributed by atoms with Gasteiger partial charge in [-0.2, -0.15) is 13.2 Å². The standard InChI is InChI=1S/C8H6F3NO2/c1-14-6-2-5(3-12-4-6)7(13)8(9,10)11/h2-4H,1H3. The largest absolute Gasteiger partial charge is 0.495 e. The Morgan fingerprint density at radius 1 is 1.43 bits per heavy atom. The molecule has 1 aromatic rings. The van der Waals surface area contributed by atoms with Crippen molar-refractivity contribution in [1.82, 2.24) is 4.98 Å². The Bertz CT molecular complexity index is 349. The second kappa shape index (κ2) is 3.65. The van der Waals surface area contributed by atoms with Gasteiger partial charge in [-0.1, -0.05) is 0 Å². The van der Waals surface area contributed by atoms with Crippen LogP contribution in [0.25, 0.3) is 0 Å². The van der Waals surface area contributed by atoms with E-state index in [9.17, 15) is 18.0 Å². The number of aromatic nitrogens is 1. The van der Waals surface area contributed by atoms with Gasteiger partial charge in [0.25, 0.3) is 5.78 Å². The predicted molar refractivity (Wildman–Crippen MR) is 41.2 cm³/mol. The lowest BCUT2D eigenvalue weighted by Crippen LogP contribution is -2.22. The molecule has 1 rings (SSSR count). The molecule has 0 unspecified atom stereocenters. The van der Waals surface area contributed by atoms with Crippen molar-refractivity contribution in [2.24, 2.45) is 0 Å². The second-order valence-corrected chi connectivity index (χ2v) is 2.44. The van der Waals surface area contributed by atoms with E-state index in [-0.39, 0.29) is 5.75 Å². The first-order valence-corrected chi connectivity index (χ1v) is 3.55. The molecule has 76 valence electrons. The minimum atomic E-state index is -4.88. The molecule has 0 N–H and O–H groups in total. The molecule has 0 saturated carbocycles. The number of ketones is 1. The van der Waals surface area contributed by atoms with Gasteiger partial charge in [-0.15, -0.1) is 0 Å². The topological polar surface area (TPSA) is 39.2 Å². The van der Waals surface area contributed by atoms with Crippen molar-refractivity contribution in [2.75, 3.05) is 7.11 Å². The van der Waals surface area contributed by atoms with Gasteiger partial charge >= 0.3 is 6.18 Å². The van der Waals surface area contributed by atoms with Crippen LogP contribution in [0.4, 0.5) is 13.2 Å². The fraction of sp³-hybridized carbons (Fsp3) is 0.250. The van der Waals surface area contributed by atoms with Crippen LogP contribution in [-0.4, -0.2) is 24.1 Å². The summed E-state index contributed by atoms with van der Waals surface area (Å²) in [6.45, 7) is 0. The zero-order valence-electron chi connectivity index (χ0n) is 7.13. The summed E-state index contributed by atoms with van der Waals surface area (Å²) in [6, 6.07) is 0.989. The van der Waals surface area contributed by atoms with Crippen LogP contribution in [-0.2, 0) is 0 Å². The maximum absolute atomic E-state index is 12.0. The third kappa shape index (κ3) is 2.21. The minimum Gasteiger partial charge on any atom is -0.495 e. The van der Waals surface area contributed by atoms with Crippen LogP contribution in [0.15, 0.2) is 18.5 Å². The lowest BCUT2D eigenvalue weighted by Gasteiger charge is -2.05. The molecule has 0 aromatic carbocycles. The summed E-state index contributed by atoms with van der Waals surface area (Å²) in [7, 11) is 1.28. The highest BCUT2D eigenvalue weighted by Gasteiger charge is 2.39. The summed E-state index contributed by atoms with van der Waals surface area (Å²) in [4.78, 5) is 14.2. The quantitative estimate of drug-likeness (QED) is 0.691. The SMILES string of the molecule is COc1cncc(C(=O)C(F)(F)F)c1. The van der Waals surface area contributed by atoms with E-state index in [1.54, 1.807) is 0 Å². The first kappa shape index (κ1) is 10.5. The maximum Gasteiger partial charge on any atom is 0.454 e. The fourth-order valence-corrected chi connectivity index (χ4v) is 0.818. The number of methoxy groups -OCH3 is 1. The zero-order valence-corrected chi connectivity index (χ0v) is 7.13. The van der Waals surface area contributed by atoms with Crippen molar-refractivity contribution in [3.8, 4) is 5.75 Å². The van der Waals surface area contributed by atoms with E-state index in [2.05, 4.69) is 9.72 Å². The predicted octanol–water partition coefficient (Wildman–Crippen LogP) is 1.84. The van der Waals surface area contributed by atoms with Crippen LogP contribution in [0.2, 0.25) is 0 Å². The Kier molecular flexibility index (Phi) is 2.73. The number of alkyl halides is 3. The average Bonchev–Trinajstić information content (AvgIpc) is 2.15. The highest BCUT2D eigenvalue weighted by molar-refractivity contribution is 6.00. The Morgan fingerprint density at radius 2 is 2.07 bits per heavy atom. The van der Waals surface area contributed by atoms with Gasteiger partial charge in [-0.3, -0.25) is 9.78 Å². The van der Waals surface area contributed by atoms with Crippen molar-refractivity contribution in [3.05, 3.63) is 24.0 Å². The van der Waals surface area contributed by atoms with Gasteiger partial charge < -0.3 is 4.74 Å². The lowest BCUT2D eigenvalue weighted by atomic mass is 10.2. The molecular weight excluding hydrogens is 199 g/mol. The van der Waals surface area contributed by atoms with Crippen LogP contribution >= 0.6 is 0 Å². The van der Waals surface area contributed by atoms with Crippen LogP contribution in [0.5, 0.6) is 5.75 Å². The molecule has 14 heavy (non-hydrogen) atoms.